The van der Waals surface area contributed by atoms with Gasteiger partial charge >= 0.3 is 0 Å². The van der Waals surface area contributed by atoms with Crippen molar-refractivity contribution in [1.29, 1.82) is 0 Å². The molecule has 19 heavy (non-hydrogen) atoms. The Morgan fingerprint density at radius 2 is 2.11 bits per heavy atom. The summed E-state index contributed by atoms with van der Waals surface area (Å²) in [6, 6.07) is 4.56. The van der Waals surface area contributed by atoms with Gasteiger partial charge in [-0.25, -0.2) is 0 Å². The van der Waals surface area contributed by atoms with Crippen molar-refractivity contribution in [3.05, 3.63) is 46.7 Å². The lowest BCUT2D eigenvalue weighted by Gasteiger charge is -2.11. The molecule has 0 spiro atoms. The van der Waals surface area contributed by atoms with E-state index in [1.165, 1.54) is 12.5 Å². The molecule has 100 valence electrons. The Morgan fingerprint density at radius 1 is 1.32 bits per heavy atom. The van der Waals surface area contributed by atoms with Crippen LogP contribution in [0.25, 0.3) is 0 Å². The predicted molar refractivity (Wildman–Crippen MR) is 71.0 cm³/mol. The molecule has 2 aromatic heterocycles. The van der Waals surface area contributed by atoms with Crippen LogP contribution >= 0.6 is 15.9 Å². The third-order valence-electron chi connectivity index (χ3n) is 2.49. The molecular formula is C13H12BrNO4. The minimum atomic E-state index is -0.364. The van der Waals surface area contributed by atoms with Gasteiger partial charge in [0.25, 0.3) is 5.91 Å². The molecule has 0 aliphatic rings. The van der Waals surface area contributed by atoms with Crippen LogP contribution in [-0.2, 0) is 0 Å². The van der Waals surface area contributed by atoms with Crippen molar-refractivity contribution < 1.29 is 18.4 Å². The first-order valence-corrected chi connectivity index (χ1v) is 6.48. The zero-order valence-electron chi connectivity index (χ0n) is 10.2. The third kappa shape index (κ3) is 3.35. The van der Waals surface area contributed by atoms with Crippen LogP contribution < -0.4 is 5.32 Å². The number of ketones is 1. The molecule has 1 N–H and O–H groups in total. The topological polar surface area (TPSA) is 72.5 Å². The van der Waals surface area contributed by atoms with Gasteiger partial charge in [-0.2, -0.15) is 0 Å². The van der Waals surface area contributed by atoms with Crippen LogP contribution in [-0.4, -0.2) is 17.7 Å². The van der Waals surface area contributed by atoms with Crippen LogP contribution in [0.5, 0.6) is 0 Å². The normalized spacial score (nSPS) is 12.1. The predicted octanol–water partition coefficient (Wildman–Crippen LogP) is 3.03. The van der Waals surface area contributed by atoms with Crippen molar-refractivity contribution in [2.45, 2.75) is 19.4 Å². The van der Waals surface area contributed by atoms with E-state index in [1.54, 1.807) is 25.1 Å². The van der Waals surface area contributed by atoms with Crippen molar-refractivity contribution in [2.24, 2.45) is 0 Å². The Bertz CT molecular complexity index is 573. The van der Waals surface area contributed by atoms with Gasteiger partial charge in [0.2, 0.25) is 5.76 Å². The Balaban J connectivity index is 1.91. The average Bonchev–Trinajstić information content (AvgIpc) is 2.98. The summed E-state index contributed by atoms with van der Waals surface area (Å²) in [4.78, 5) is 23.6. The number of carbonyl (C=O) groups excluding carboxylic acids is 2. The fraction of sp³-hybridized carbons (Fsp3) is 0.231. The van der Waals surface area contributed by atoms with Gasteiger partial charge in [0.15, 0.2) is 11.5 Å². The number of rotatable bonds is 5. The molecule has 0 aliphatic carbocycles. The van der Waals surface area contributed by atoms with Gasteiger partial charge in [-0.1, -0.05) is 0 Å². The van der Waals surface area contributed by atoms with Crippen molar-refractivity contribution in [3.8, 4) is 0 Å². The molecule has 0 unspecified atom stereocenters. The van der Waals surface area contributed by atoms with Crippen LogP contribution in [0.1, 0.15) is 34.5 Å². The van der Waals surface area contributed by atoms with E-state index < -0.39 is 0 Å². The minimum Gasteiger partial charge on any atom is -0.461 e. The fourth-order valence-corrected chi connectivity index (χ4v) is 1.99. The Kier molecular flexibility index (Phi) is 4.21. The van der Waals surface area contributed by atoms with Crippen molar-refractivity contribution in [1.82, 2.24) is 5.32 Å². The highest BCUT2D eigenvalue weighted by molar-refractivity contribution is 9.10. The minimum absolute atomic E-state index is 0.156. The number of halogens is 1. The summed E-state index contributed by atoms with van der Waals surface area (Å²) in [6.07, 6.45) is 3.02. The number of carbonyl (C=O) groups is 2. The molecule has 0 radical (unpaired) electrons. The lowest BCUT2D eigenvalue weighted by atomic mass is 10.1. The van der Waals surface area contributed by atoms with Gasteiger partial charge in [0.1, 0.15) is 0 Å². The van der Waals surface area contributed by atoms with E-state index in [9.17, 15) is 9.59 Å². The zero-order valence-corrected chi connectivity index (χ0v) is 11.8. The Labute approximate surface area is 118 Å². The molecule has 0 aromatic carbocycles. The SMILES string of the molecule is C[C@H](CC(=O)c1ccco1)NC(=O)c1occc1Br. The van der Waals surface area contributed by atoms with Gasteiger partial charge in [-0.15, -0.1) is 0 Å². The number of amides is 1. The maximum Gasteiger partial charge on any atom is 0.288 e. The molecule has 6 heteroatoms. The van der Waals surface area contributed by atoms with E-state index in [1.807, 2.05) is 0 Å². The molecule has 0 aliphatic heterocycles. The first-order valence-electron chi connectivity index (χ1n) is 5.68. The molecule has 2 heterocycles. The van der Waals surface area contributed by atoms with Crippen LogP contribution in [0, 0.1) is 0 Å². The number of nitrogens with one attached hydrogen (secondary N) is 1. The van der Waals surface area contributed by atoms with E-state index in [-0.39, 0.29) is 29.9 Å². The van der Waals surface area contributed by atoms with E-state index in [0.29, 0.717) is 10.2 Å². The van der Waals surface area contributed by atoms with Crippen LogP contribution in [0.4, 0.5) is 0 Å². The van der Waals surface area contributed by atoms with Gasteiger partial charge in [0.05, 0.1) is 17.0 Å². The van der Waals surface area contributed by atoms with Gasteiger partial charge < -0.3 is 14.2 Å². The van der Waals surface area contributed by atoms with Crippen molar-refractivity contribution >= 4 is 27.6 Å². The summed E-state index contributed by atoms with van der Waals surface area (Å²) in [5, 5.41) is 2.69. The highest BCUT2D eigenvalue weighted by Gasteiger charge is 2.19. The molecule has 0 saturated heterocycles. The first-order chi connectivity index (χ1) is 9.08. The summed E-state index contributed by atoms with van der Waals surface area (Å²) in [7, 11) is 0. The third-order valence-corrected chi connectivity index (χ3v) is 3.11. The lowest BCUT2D eigenvalue weighted by molar-refractivity contribution is 0.0888. The largest absolute Gasteiger partial charge is 0.461 e. The Morgan fingerprint density at radius 3 is 2.68 bits per heavy atom. The standard InChI is InChI=1S/C13H12BrNO4/c1-8(7-10(16)11-3-2-5-18-11)15-13(17)12-9(14)4-6-19-12/h2-6,8H,7H2,1H3,(H,15,17)/t8-/m1/s1. The highest BCUT2D eigenvalue weighted by Crippen LogP contribution is 2.17. The summed E-state index contributed by atoms with van der Waals surface area (Å²) < 4.78 is 10.6. The summed E-state index contributed by atoms with van der Waals surface area (Å²) in [5.41, 5.74) is 0. The molecule has 5 nitrogen and oxygen atoms in total. The maximum absolute atomic E-state index is 11.8. The Hall–Kier alpha value is -1.82. The van der Waals surface area contributed by atoms with Crippen LogP contribution in [0.2, 0.25) is 0 Å². The molecule has 0 saturated carbocycles. The van der Waals surface area contributed by atoms with Crippen LogP contribution in [0.3, 0.4) is 0 Å². The maximum atomic E-state index is 11.8. The molecule has 2 aromatic rings. The molecule has 2 rings (SSSR count). The van der Waals surface area contributed by atoms with Crippen LogP contribution in [0.15, 0.2) is 44.0 Å². The van der Waals surface area contributed by atoms with E-state index in [0.717, 1.165) is 0 Å². The quantitative estimate of drug-likeness (QED) is 0.857. The summed E-state index contributed by atoms with van der Waals surface area (Å²) >= 11 is 3.20. The molecule has 1 atom stereocenters. The molecule has 1 amide bonds. The second-order valence-electron chi connectivity index (χ2n) is 4.08. The van der Waals surface area contributed by atoms with E-state index in [4.69, 9.17) is 8.83 Å². The van der Waals surface area contributed by atoms with E-state index in [2.05, 4.69) is 21.2 Å². The number of hydrogen-bond acceptors (Lipinski definition) is 4. The summed E-state index contributed by atoms with van der Waals surface area (Å²) in [5.74, 6) is -0.0366. The number of furan rings is 2. The average molecular weight is 326 g/mol. The lowest BCUT2D eigenvalue weighted by Crippen LogP contribution is -2.34. The van der Waals surface area contributed by atoms with Gasteiger partial charge in [0, 0.05) is 12.5 Å². The van der Waals surface area contributed by atoms with Crippen molar-refractivity contribution in [3.63, 3.8) is 0 Å². The smallest absolute Gasteiger partial charge is 0.288 e. The van der Waals surface area contributed by atoms with E-state index >= 15 is 0 Å². The van der Waals surface area contributed by atoms with Crippen molar-refractivity contribution in [2.75, 3.05) is 0 Å². The number of hydrogen-bond donors (Lipinski definition) is 1. The fourth-order valence-electron chi connectivity index (χ4n) is 1.61. The molecule has 0 bridgehead atoms. The van der Waals surface area contributed by atoms with Gasteiger partial charge in [-0.05, 0) is 41.1 Å². The molecule has 0 fully saturated rings. The number of Topliss-reactive ketones (excluding diaryl/α,β-unsaturated/α-hetero) is 1. The second kappa shape index (κ2) is 5.88. The van der Waals surface area contributed by atoms with Gasteiger partial charge in [-0.3, -0.25) is 9.59 Å². The monoisotopic (exact) mass is 325 g/mol. The molecular weight excluding hydrogens is 314 g/mol. The first kappa shape index (κ1) is 13.6. The highest BCUT2D eigenvalue weighted by atomic mass is 79.9. The summed E-state index contributed by atoms with van der Waals surface area (Å²) in [6.45, 7) is 1.75. The zero-order chi connectivity index (χ0) is 13.8. The second-order valence-corrected chi connectivity index (χ2v) is 4.93.